The molecule has 2 amide bonds. The molecule has 30 heavy (non-hydrogen) atoms. The molecule has 0 radical (unpaired) electrons. The van der Waals surface area contributed by atoms with E-state index in [0.717, 1.165) is 30.6 Å². The predicted octanol–water partition coefficient (Wildman–Crippen LogP) is 3.09. The van der Waals surface area contributed by atoms with E-state index in [1.807, 2.05) is 21.8 Å². The zero-order valence-electron chi connectivity index (χ0n) is 17.1. The maximum absolute atomic E-state index is 13.5. The van der Waals surface area contributed by atoms with Crippen molar-refractivity contribution in [1.29, 1.82) is 0 Å². The summed E-state index contributed by atoms with van der Waals surface area (Å²) in [4.78, 5) is 22.3. The Bertz CT molecular complexity index is 1080. The Labute approximate surface area is 176 Å². The molecule has 2 aromatic heterocycles. The molecule has 6 heterocycles. The average molecular weight is 402 g/mol. The third-order valence-electron chi connectivity index (χ3n) is 7.26. The van der Waals surface area contributed by atoms with E-state index in [1.54, 1.807) is 0 Å². The number of carbonyl (C=O) groups is 1. The average Bonchev–Trinajstić information content (AvgIpc) is 3.27. The topological polar surface area (TPSA) is 52.9 Å². The van der Waals surface area contributed by atoms with Crippen molar-refractivity contribution in [2.75, 3.05) is 26.2 Å². The maximum atomic E-state index is 13.5. The van der Waals surface area contributed by atoms with E-state index >= 15 is 0 Å². The second-order valence-corrected chi connectivity index (χ2v) is 8.93. The van der Waals surface area contributed by atoms with Gasteiger partial charge < -0.3 is 19.5 Å². The summed E-state index contributed by atoms with van der Waals surface area (Å²) in [6, 6.07) is 13.0. The summed E-state index contributed by atoms with van der Waals surface area (Å²) in [5.41, 5.74) is 4.75. The minimum absolute atomic E-state index is 0.0685. The Morgan fingerprint density at radius 2 is 1.93 bits per heavy atom. The maximum Gasteiger partial charge on any atom is 0.318 e. The van der Waals surface area contributed by atoms with Gasteiger partial charge in [0.05, 0.1) is 24.1 Å². The highest BCUT2D eigenvalue weighted by molar-refractivity contribution is 5.76. The number of rotatable bonds is 2. The summed E-state index contributed by atoms with van der Waals surface area (Å²) in [5, 5.41) is 3.41. The molecule has 0 spiro atoms. The number of urea groups is 1. The molecule has 154 valence electrons. The van der Waals surface area contributed by atoms with E-state index in [1.165, 1.54) is 37.1 Å². The summed E-state index contributed by atoms with van der Waals surface area (Å²) >= 11 is 0. The highest BCUT2D eigenvalue weighted by Crippen LogP contribution is 2.36. The molecule has 3 saturated heterocycles. The van der Waals surface area contributed by atoms with Gasteiger partial charge in [0, 0.05) is 25.3 Å². The number of imidazole rings is 1. The van der Waals surface area contributed by atoms with Crippen molar-refractivity contribution in [2.24, 2.45) is 5.92 Å². The minimum atomic E-state index is -0.0807. The minimum Gasteiger partial charge on any atom is -0.334 e. The van der Waals surface area contributed by atoms with Crippen molar-refractivity contribution in [3.63, 3.8) is 0 Å². The number of fused-ring (bicyclic) bond motifs is 5. The van der Waals surface area contributed by atoms with Gasteiger partial charge in [-0.3, -0.25) is 0 Å². The lowest BCUT2D eigenvalue weighted by Crippen LogP contribution is -2.59. The molecule has 7 rings (SSSR count). The van der Waals surface area contributed by atoms with Crippen LogP contribution in [0.1, 0.15) is 35.6 Å². The van der Waals surface area contributed by atoms with Crippen LogP contribution in [0.2, 0.25) is 0 Å². The molecular formula is C24H27N5O. The SMILES string of the molecule is O=C(N[C@@H]1CN2CCC1CC2)N1CCc2ccccc2[C@H]1c1ccc2cncn2c1. The zero-order chi connectivity index (χ0) is 20.1. The summed E-state index contributed by atoms with van der Waals surface area (Å²) in [6.45, 7) is 4.09. The summed E-state index contributed by atoms with van der Waals surface area (Å²) in [6.07, 6.45) is 9.10. The predicted molar refractivity (Wildman–Crippen MR) is 115 cm³/mol. The summed E-state index contributed by atoms with van der Waals surface area (Å²) in [5.74, 6) is 0.622. The lowest BCUT2D eigenvalue weighted by atomic mass is 9.84. The number of aromatic nitrogens is 2. The van der Waals surface area contributed by atoms with Crippen LogP contribution in [-0.4, -0.2) is 57.4 Å². The van der Waals surface area contributed by atoms with Gasteiger partial charge in [0.2, 0.25) is 0 Å². The first-order valence-electron chi connectivity index (χ1n) is 11.1. The molecule has 4 aliphatic rings. The molecule has 3 fully saturated rings. The molecular weight excluding hydrogens is 374 g/mol. The molecule has 3 aromatic rings. The van der Waals surface area contributed by atoms with Crippen molar-refractivity contribution >= 4 is 11.5 Å². The summed E-state index contributed by atoms with van der Waals surface area (Å²) in [7, 11) is 0. The van der Waals surface area contributed by atoms with E-state index in [2.05, 4.69) is 57.8 Å². The van der Waals surface area contributed by atoms with Crippen LogP contribution in [0.25, 0.3) is 5.52 Å². The fraction of sp³-hybridized carbons (Fsp3) is 0.417. The second kappa shape index (κ2) is 7.13. The molecule has 4 aliphatic heterocycles. The van der Waals surface area contributed by atoms with Gasteiger partial charge in [0.1, 0.15) is 0 Å². The van der Waals surface area contributed by atoms with Crippen LogP contribution in [0.3, 0.4) is 0 Å². The van der Waals surface area contributed by atoms with Crippen LogP contribution < -0.4 is 5.32 Å². The molecule has 0 unspecified atom stereocenters. The molecule has 1 aromatic carbocycles. The van der Waals surface area contributed by atoms with Crippen molar-refractivity contribution in [1.82, 2.24) is 24.5 Å². The first kappa shape index (κ1) is 18.0. The van der Waals surface area contributed by atoms with Gasteiger partial charge in [-0.2, -0.15) is 0 Å². The van der Waals surface area contributed by atoms with Crippen LogP contribution in [0.4, 0.5) is 4.79 Å². The Morgan fingerprint density at radius 1 is 1.07 bits per heavy atom. The number of carbonyl (C=O) groups excluding carboxylic acids is 1. The smallest absolute Gasteiger partial charge is 0.318 e. The number of piperidine rings is 3. The number of pyridine rings is 1. The van der Waals surface area contributed by atoms with Crippen LogP contribution in [0.5, 0.6) is 0 Å². The van der Waals surface area contributed by atoms with E-state index in [9.17, 15) is 4.79 Å². The largest absolute Gasteiger partial charge is 0.334 e. The number of benzene rings is 1. The fourth-order valence-electron chi connectivity index (χ4n) is 5.61. The number of nitrogens with zero attached hydrogens (tertiary/aromatic N) is 4. The first-order chi connectivity index (χ1) is 14.8. The normalized spacial score (nSPS) is 27.8. The lowest BCUT2D eigenvalue weighted by molar-refractivity contribution is 0.0715. The first-order valence-corrected chi connectivity index (χ1v) is 11.1. The quantitative estimate of drug-likeness (QED) is 0.718. The van der Waals surface area contributed by atoms with E-state index in [0.29, 0.717) is 5.92 Å². The Kier molecular flexibility index (Phi) is 4.27. The highest BCUT2D eigenvalue weighted by Gasteiger charge is 2.38. The molecule has 6 nitrogen and oxygen atoms in total. The van der Waals surface area contributed by atoms with E-state index in [4.69, 9.17) is 0 Å². The monoisotopic (exact) mass is 401 g/mol. The van der Waals surface area contributed by atoms with Crippen LogP contribution in [-0.2, 0) is 6.42 Å². The van der Waals surface area contributed by atoms with Gasteiger partial charge in [-0.15, -0.1) is 0 Å². The van der Waals surface area contributed by atoms with Gasteiger partial charge in [0.15, 0.2) is 0 Å². The molecule has 2 atom stereocenters. The summed E-state index contributed by atoms with van der Waals surface area (Å²) < 4.78 is 2.04. The zero-order valence-corrected chi connectivity index (χ0v) is 17.1. The lowest BCUT2D eigenvalue weighted by Gasteiger charge is -2.46. The van der Waals surface area contributed by atoms with E-state index in [-0.39, 0.29) is 18.1 Å². The molecule has 1 N–H and O–H groups in total. The van der Waals surface area contributed by atoms with Crippen LogP contribution in [0, 0.1) is 5.92 Å². The third kappa shape index (κ3) is 2.98. The Morgan fingerprint density at radius 3 is 2.77 bits per heavy atom. The molecule has 6 heteroatoms. The number of hydrogen-bond donors (Lipinski definition) is 1. The van der Waals surface area contributed by atoms with Crippen molar-refractivity contribution in [3.05, 3.63) is 71.8 Å². The van der Waals surface area contributed by atoms with Crippen LogP contribution >= 0.6 is 0 Å². The molecule has 2 bridgehead atoms. The Hall–Kier alpha value is -2.86. The molecule has 0 saturated carbocycles. The third-order valence-corrected chi connectivity index (χ3v) is 7.26. The van der Waals surface area contributed by atoms with Crippen LogP contribution in [0.15, 0.2) is 55.1 Å². The van der Waals surface area contributed by atoms with Gasteiger partial charge in [-0.25, -0.2) is 9.78 Å². The fourth-order valence-corrected chi connectivity index (χ4v) is 5.61. The number of nitrogens with one attached hydrogen (secondary N) is 1. The Balaban J connectivity index is 1.34. The van der Waals surface area contributed by atoms with Crippen molar-refractivity contribution in [2.45, 2.75) is 31.3 Å². The highest BCUT2D eigenvalue weighted by atomic mass is 16.2. The van der Waals surface area contributed by atoms with Gasteiger partial charge in [-0.1, -0.05) is 30.3 Å². The standard InChI is InChI=1S/C24H27N5O/c30-24(26-22-15-27-10-7-18(22)8-11-27)29-12-9-17-3-1-2-4-21(17)23(29)19-5-6-20-13-25-16-28(20)14-19/h1-6,13-14,16,18,22-23H,7-12,15H2,(H,26,30)/t22-,23-/m1/s1. The van der Waals surface area contributed by atoms with Gasteiger partial charge in [-0.05, 0) is 61.0 Å². The number of amides is 2. The van der Waals surface area contributed by atoms with Crippen molar-refractivity contribution in [3.8, 4) is 0 Å². The van der Waals surface area contributed by atoms with Crippen molar-refractivity contribution < 1.29 is 4.79 Å². The van der Waals surface area contributed by atoms with E-state index < -0.39 is 0 Å². The van der Waals surface area contributed by atoms with Gasteiger partial charge in [0.25, 0.3) is 0 Å². The molecule has 0 aliphatic carbocycles. The second-order valence-electron chi connectivity index (χ2n) is 8.93. The number of hydrogen-bond acceptors (Lipinski definition) is 3. The van der Waals surface area contributed by atoms with Gasteiger partial charge >= 0.3 is 6.03 Å².